The maximum Gasteiger partial charge on any atom is 0.347 e. The fourth-order valence-electron chi connectivity index (χ4n) is 2.72. The molecule has 2 aromatic carbocycles. The lowest BCUT2D eigenvalue weighted by Gasteiger charge is -2.15. The van der Waals surface area contributed by atoms with Gasteiger partial charge in [-0.15, -0.1) is 0 Å². The van der Waals surface area contributed by atoms with Gasteiger partial charge in [0.15, 0.2) is 6.29 Å². The third kappa shape index (κ3) is 22.9. The number of benzene rings is 2. The van der Waals surface area contributed by atoms with Crippen molar-refractivity contribution in [1.29, 1.82) is 0 Å². The van der Waals surface area contributed by atoms with Gasteiger partial charge in [0, 0.05) is 5.56 Å². The Hall–Kier alpha value is -3.55. The van der Waals surface area contributed by atoms with Crippen LogP contribution >= 0.6 is 0 Å². The van der Waals surface area contributed by atoms with E-state index in [0.29, 0.717) is 11.8 Å². The highest BCUT2D eigenvalue weighted by Gasteiger charge is 2.25. The first-order chi connectivity index (χ1) is 12.6. The van der Waals surface area contributed by atoms with Gasteiger partial charge in [-0.3, -0.25) is 4.79 Å². The third-order valence-corrected chi connectivity index (χ3v) is 4.16. The zero-order valence-electron chi connectivity index (χ0n) is 15.1. The third-order valence-electron chi connectivity index (χ3n) is 4.16. The molecule has 0 aromatic heterocycles. The van der Waals surface area contributed by atoms with Crippen molar-refractivity contribution in [2.45, 2.75) is 162 Å². The zero-order chi connectivity index (χ0) is 20.5. The van der Waals surface area contributed by atoms with Crippen LogP contribution in [0, 0.1) is 20.8 Å². The maximum atomic E-state index is 12.6. The van der Waals surface area contributed by atoms with E-state index in [1.807, 2.05) is 0 Å². The van der Waals surface area contributed by atoms with Crippen molar-refractivity contribution in [3.8, 4) is 23.0 Å². The molecule has 2 aromatic rings. The van der Waals surface area contributed by atoms with Crippen LogP contribution in [0.1, 0.15) is 189 Å². The first-order valence-electron chi connectivity index (χ1n) is 7.78. The van der Waals surface area contributed by atoms with Crippen molar-refractivity contribution < 1.29 is 39.2 Å². The van der Waals surface area contributed by atoms with Crippen LogP contribution in [0.5, 0.6) is 23.0 Å². The Morgan fingerprint density at radius 3 is 1.22 bits per heavy atom. The normalized spacial score (nSPS) is 6.09. The van der Waals surface area contributed by atoms with E-state index in [0.717, 1.165) is 0 Å². The van der Waals surface area contributed by atoms with Crippen LogP contribution in [0.3, 0.4) is 0 Å². The summed E-state index contributed by atoms with van der Waals surface area (Å²) in [6, 6.07) is 2.70. The summed E-state index contributed by atoms with van der Waals surface area (Å²) in [7, 11) is 1.32. The van der Waals surface area contributed by atoms with Crippen molar-refractivity contribution in [2.75, 3.05) is 7.11 Å². The van der Waals surface area contributed by atoms with E-state index in [4.69, 9.17) is 14.6 Å². The number of esters is 1. The molecule has 0 atom stereocenters. The van der Waals surface area contributed by atoms with E-state index in [1.165, 1.54) is 40.0 Å². The molecule has 2 rings (SSSR count). The quantitative estimate of drug-likeness (QED) is 0.162. The van der Waals surface area contributed by atoms with Crippen LogP contribution in [0.2, 0.25) is 0 Å². The summed E-state index contributed by atoms with van der Waals surface area (Å²) in [5, 5.41) is 29.5. The van der Waals surface area contributed by atoms with Crippen LogP contribution in [0.25, 0.3) is 0 Å². The first-order valence-corrected chi connectivity index (χ1v) is 7.78. The van der Waals surface area contributed by atoms with Gasteiger partial charge in [-0.05, 0) is 44.0 Å². The van der Waals surface area contributed by atoms with Crippen molar-refractivity contribution in [3.63, 3.8) is 0 Å². The predicted octanol–water partition coefficient (Wildman–Crippen LogP) is 14.8. The molecular weight excluding hydrogens is 584 g/mol. The van der Waals surface area contributed by atoms with Crippen LogP contribution in [-0.4, -0.2) is 40.7 Å². The van der Waals surface area contributed by atoms with Gasteiger partial charge in [-0.1, -0.05) is 141 Å². The fourth-order valence-corrected chi connectivity index (χ4v) is 2.72. The lowest BCUT2D eigenvalue weighted by atomic mass is 10.0. The average molecular weight is 679 g/mol. The number of aldehydes is 1. The molecule has 0 bridgehead atoms. The smallest absolute Gasteiger partial charge is 0.347 e. The molecule has 294 valence electrons. The largest absolute Gasteiger partial charge is 0.507 e. The van der Waals surface area contributed by atoms with E-state index < -0.39 is 23.4 Å². The number of aromatic hydroxyl groups is 2. The second kappa shape index (κ2) is 48.4. The molecule has 0 radical (unpaired) electrons. The highest BCUT2D eigenvalue weighted by Crippen LogP contribution is 2.36. The van der Waals surface area contributed by atoms with Crippen LogP contribution in [-0.2, 0) is 0 Å². The van der Waals surface area contributed by atoms with Gasteiger partial charge in [0.2, 0.25) is 0 Å². The lowest BCUT2D eigenvalue weighted by Crippen LogP contribution is -2.13. The van der Waals surface area contributed by atoms with Gasteiger partial charge in [0.05, 0.1) is 12.7 Å². The number of hydrogen-bond donors (Lipinski definition) is 3. The maximum absolute atomic E-state index is 12.6. The standard InChI is InChI=1S/C19H18O8.19CH4/c1-8-5-12(10(3)16(21)14(8)18(23)24)27-19(25)15-9(2)6-13(26-4)11(7-20)17(15)22;;;;;;;;;;;;;;;;;;;/h5-7,21-22H,1-4H3,(H,23,24);19*1H4. The number of carbonyl (C=O) groups is 3. The monoisotopic (exact) mass is 679 g/mol. The number of methoxy groups -OCH3 is 1. The minimum absolute atomic E-state index is 0. The van der Waals surface area contributed by atoms with E-state index in [-0.39, 0.29) is 180 Å². The van der Waals surface area contributed by atoms with E-state index in [2.05, 4.69) is 0 Å². The molecule has 0 aliphatic rings. The predicted molar refractivity (Wildman–Crippen MR) is 222 cm³/mol. The number of phenolic OH excluding ortho intramolecular Hbond substituents is 1. The highest BCUT2D eigenvalue weighted by molar-refractivity contribution is 6.00. The number of carboxylic acids is 1. The molecule has 0 fully saturated rings. The number of carboxylic acid groups (broad SMARTS) is 1. The molecule has 0 unspecified atom stereocenters. The molecule has 8 heteroatoms. The molecule has 46 heavy (non-hydrogen) atoms. The number of phenols is 2. The molecule has 8 nitrogen and oxygen atoms in total. The Morgan fingerprint density at radius 1 is 0.587 bits per heavy atom. The molecule has 0 amide bonds. The molecule has 0 heterocycles. The topological polar surface area (TPSA) is 130 Å². The first kappa shape index (κ1) is 122. The molecule has 0 saturated heterocycles. The number of hydrogen-bond acceptors (Lipinski definition) is 7. The minimum atomic E-state index is -1.31. The van der Waals surface area contributed by atoms with Gasteiger partial charge in [-0.2, -0.15) is 0 Å². The van der Waals surface area contributed by atoms with Crippen molar-refractivity contribution in [1.82, 2.24) is 0 Å². The van der Waals surface area contributed by atoms with Crippen molar-refractivity contribution in [3.05, 3.63) is 45.5 Å². The summed E-state index contributed by atoms with van der Waals surface area (Å²) in [5.41, 5.74) is -0.186. The second-order valence-corrected chi connectivity index (χ2v) is 5.89. The summed E-state index contributed by atoms with van der Waals surface area (Å²) in [6.45, 7) is 4.36. The van der Waals surface area contributed by atoms with Gasteiger partial charge in [0.25, 0.3) is 0 Å². The summed E-state index contributed by atoms with van der Waals surface area (Å²) in [4.78, 5) is 35.0. The Morgan fingerprint density at radius 2 is 0.913 bits per heavy atom. The van der Waals surface area contributed by atoms with Crippen molar-refractivity contribution in [2.24, 2.45) is 0 Å². The van der Waals surface area contributed by atoms with Gasteiger partial charge < -0.3 is 24.8 Å². The molecule has 0 spiro atoms. The van der Waals surface area contributed by atoms with Crippen LogP contribution in [0.15, 0.2) is 12.1 Å². The van der Waals surface area contributed by atoms with Crippen LogP contribution < -0.4 is 9.47 Å². The van der Waals surface area contributed by atoms with Crippen LogP contribution in [0.4, 0.5) is 0 Å². The second-order valence-electron chi connectivity index (χ2n) is 5.89. The summed E-state index contributed by atoms with van der Waals surface area (Å²) >= 11 is 0. The zero-order valence-corrected chi connectivity index (χ0v) is 15.1. The molecule has 3 N–H and O–H groups in total. The molecule has 0 aliphatic heterocycles. The minimum Gasteiger partial charge on any atom is -0.507 e. The Balaban J connectivity index is -0.0000000258. The summed E-state index contributed by atoms with van der Waals surface area (Å²) in [6.07, 6.45) is 0.354. The SMILES string of the molecule is C.C.C.C.C.C.C.C.C.C.C.C.C.C.C.C.C.C.C.COc1cc(C)c(C(=O)Oc2cc(C)c(C(=O)O)c(O)c2C)c(O)c1C=O. The molecular formula is C38H94O8. The number of aryl methyl sites for hydroxylation is 2. The molecule has 0 saturated carbocycles. The van der Waals surface area contributed by atoms with Gasteiger partial charge in [-0.25, -0.2) is 9.59 Å². The van der Waals surface area contributed by atoms with E-state index in [1.54, 1.807) is 0 Å². The number of ether oxygens (including phenoxy) is 2. The summed E-state index contributed by atoms with van der Waals surface area (Å²) in [5.74, 6) is -3.36. The van der Waals surface area contributed by atoms with Gasteiger partial charge >= 0.3 is 11.9 Å². The Bertz CT molecular complexity index is 966. The van der Waals surface area contributed by atoms with E-state index >= 15 is 0 Å². The average Bonchev–Trinajstić information content (AvgIpc) is 2.58. The lowest BCUT2D eigenvalue weighted by molar-refractivity contribution is 0.0692. The Labute approximate surface area is 294 Å². The number of rotatable bonds is 5. The number of aromatic carboxylic acids is 1. The summed E-state index contributed by atoms with van der Waals surface area (Å²) < 4.78 is 10.3. The van der Waals surface area contributed by atoms with E-state index in [9.17, 15) is 24.6 Å². The highest BCUT2D eigenvalue weighted by atomic mass is 16.5. The van der Waals surface area contributed by atoms with Crippen molar-refractivity contribution >= 4 is 18.2 Å². The van der Waals surface area contributed by atoms with Gasteiger partial charge in [0.1, 0.15) is 34.1 Å². The molecule has 0 aliphatic carbocycles. The fraction of sp³-hybridized carbons (Fsp3) is 0.605. The Kier molecular flexibility index (Phi) is 128. The number of carbonyl (C=O) groups excluding carboxylic acids is 2.